The van der Waals surface area contributed by atoms with Crippen molar-refractivity contribution in [1.29, 1.82) is 0 Å². The zero-order chi connectivity index (χ0) is 15.2. The van der Waals surface area contributed by atoms with Gasteiger partial charge in [-0.2, -0.15) is 4.99 Å². The first kappa shape index (κ1) is 15.4. The SMILES string of the molecule is CCCOc1ccc(NC(=O)CC2SC(N)=NC2=O)cc1. The quantitative estimate of drug-likeness (QED) is 0.835. The topological polar surface area (TPSA) is 93.8 Å². The fourth-order valence-electron chi connectivity index (χ4n) is 1.77. The van der Waals surface area contributed by atoms with E-state index >= 15 is 0 Å². The molecule has 1 atom stereocenters. The Kier molecular flexibility index (Phi) is 5.21. The number of aliphatic imine (C=N–C) groups is 1. The highest BCUT2D eigenvalue weighted by Crippen LogP contribution is 2.23. The fourth-order valence-corrected chi connectivity index (χ4v) is 2.59. The maximum atomic E-state index is 11.9. The molecule has 0 saturated carbocycles. The number of ether oxygens (including phenoxy) is 1. The lowest BCUT2D eigenvalue weighted by atomic mass is 10.2. The van der Waals surface area contributed by atoms with Gasteiger partial charge in [0.05, 0.1) is 6.61 Å². The highest BCUT2D eigenvalue weighted by Gasteiger charge is 2.29. The minimum absolute atomic E-state index is 0.0573. The lowest BCUT2D eigenvalue weighted by molar-refractivity contribution is -0.121. The number of rotatable bonds is 6. The molecule has 7 heteroatoms. The van der Waals surface area contributed by atoms with Gasteiger partial charge in [-0.15, -0.1) is 0 Å². The Balaban J connectivity index is 1.84. The summed E-state index contributed by atoms with van der Waals surface area (Å²) in [6.45, 7) is 2.70. The number of anilines is 1. The van der Waals surface area contributed by atoms with Gasteiger partial charge in [-0.25, -0.2) is 0 Å². The van der Waals surface area contributed by atoms with E-state index in [-0.39, 0.29) is 23.4 Å². The van der Waals surface area contributed by atoms with Crippen LogP contribution >= 0.6 is 11.8 Å². The molecule has 2 rings (SSSR count). The van der Waals surface area contributed by atoms with Gasteiger partial charge in [0, 0.05) is 12.1 Å². The molecule has 21 heavy (non-hydrogen) atoms. The van der Waals surface area contributed by atoms with Crippen molar-refractivity contribution >= 4 is 34.4 Å². The van der Waals surface area contributed by atoms with Gasteiger partial charge in [0.25, 0.3) is 5.91 Å². The number of nitrogens with zero attached hydrogens (tertiary/aromatic N) is 1. The maximum absolute atomic E-state index is 11.9. The van der Waals surface area contributed by atoms with Crippen LogP contribution < -0.4 is 15.8 Å². The highest BCUT2D eigenvalue weighted by molar-refractivity contribution is 8.15. The third-order valence-electron chi connectivity index (χ3n) is 2.74. The summed E-state index contributed by atoms with van der Waals surface area (Å²) < 4.78 is 5.46. The van der Waals surface area contributed by atoms with Gasteiger partial charge < -0.3 is 15.8 Å². The lowest BCUT2D eigenvalue weighted by Crippen LogP contribution is -2.21. The Morgan fingerprint density at radius 1 is 1.43 bits per heavy atom. The Bertz CT molecular complexity index is 557. The Morgan fingerprint density at radius 3 is 2.71 bits per heavy atom. The van der Waals surface area contributed by atoms with Gasteiger partial charge in [0.1, 0.15) is 11.0 Å². The van der Waals surface area contributed by atoms with Crippen molar-refractivity contribution in [2.24, 2.45) is 10.7 Å². The van der Waals surface area contributed by atoms with Crippen LogP contribution in [0.4, 0.5) is 5.69 Å². The van der Waals surface area contributed by atoms with Crippen molar-refractivity contribution in [1.82, 2.24) is 0 Å². The standard InChI is InChI=1S/C14H17N3O3S/c1-2-7-20-10-5-3-9(4-6-10)16-12(18)8-11-13(19)17-14(15)21-11/h3-6,11H,2,7-8H2,1H3,(H,16,18)(H2,15,17,19). The third kappa shape index (κ3) is 4.49. The molecule has 1 heterocycles. The predicted molar refractivity (Wildman–Crippen MR) is 83.5 cm³/mol. The van der Waals surface area contributed by atoms with E-state index in [9.17, 15) is 9.59 Å². The number of hydrogen-bond donors (Lipinski definition) is 2. The first-order chi connectivity index (χ1) is 10.1. The maximum Gasteiger partial charge on any atom is 0.262 e. The Morgan fingerprint density at radius 2 is 2.14 bits per heavy atom. The molecule has 6 nitrogen and oxygen atoms in total. The predicted octanol–water partition coefficient (Wildman–Crippen LogP) is 1.76. The molecule has 0 saturated heterocycles. The number of thioether (sulfide) groups is 1. The lowest BCUT2D eigenvalue weighted by Gasteiger charge is -2.09. The van der Waals surface area contributed by atoms with E-state index in [1.807, 2.05) is 6.92 Å². The monoisotopic (exact) mass is 307 g/mol. The number of carbonyl (C=O) groups excluding carboxylic acids is 2. The molecule has 1 aliphatic rings. The van der Waals surface area contributed by atoms with E-state index in [2.05, 4.69) is 10.3 Å². The molecule has 0 spiro atoms. The van der Waals surface area contributed by atoms with Gasteiger partial charge in [-0.3, -0.25) is 9.59 Å². The molecule has 0 fully saturated rings. The van der Waals surface area contributed by atoms with Gasteiger partial charge in [-0.05, 0) is 30.7 Å². The van der Waals surface area contributed by atoms with E-state index in [0.717, 1.165) is 23.9 Å². The van der Waals surface area contributed by atoms with Crippen LogP contribution in [0.3, 0.4) is 0 Å². The van der Waals surface area contributed by atoms with Crippen LogP contribution in [-0.4, -0.2) is 28.8 Å². The van der Waals surface area contributed by atoms with Gasteiger partial charge >= 0.3 is 0 Å². The molecular weight excluding hydrogens is 290 g/mol. The van der Waals surface area contributed by atoms with Crippen LogP contribution in [0.5, 0.6) is 5.75 Å². The molecule has 2 amide bonds. The summed E-state index contributed by atoms with van der Waals surface area (Å²) in [4.78, 5) is 26.9. The largest absolute Gasteiger partial charge is 0.494 e. The summed E-state index contributed by atoms with van der Waals surface area (Å²) in [6, 6.07) is 7.11. The van der Waals surface area contributed by atoms with E-state index in [0.29, 0.717) is 12.3 Å². The minimum Gasteiger partial charge on any atom is -0.494 e. The average molecular weight is 307 g/mol. The molecule has 0 radical (unpaired) electrons. The number of benzene rings is 1. The summed E-state index contributed by atoms with van der Waals surface area (Å²) in [5.41, 5.74) is 6.11. The molecule has 1 unspecified atom stereocenters. The van der Waals surface area contributed by atoms with Gasteiger partial charge in [-0.1, -0.05) is 18.7 Å². The second-order valence-electron chi connectivity index (χ2n) is 4.52. The van der Waals surface area contributed by atoms with Crippen LogP contribution in [0.15, 0.2) is 29.3 Å². The van der Waals surface area contributed by atoms with E-state index in [1.54, 1.807) is 24.3 Å². The van der Waals surface area contributed by atoms with Crippen LogP contribution in [0.2, 0.25) is 0 Å². The molecule has 3 N–H and O–H groups in total. The summed E-state index contributed by atoms with van der Waals surface area (Å²) in [6.07, 6.45) is 0.999. The van der Waals surface area contributed by atoms with Crippen molar-refractivity contribution in [2.45, 2.75) is 25.0 Å². The van der Waals surface area contributed by atoms with Crippen LogP contribution in [0.25, 0.3) is 0 Å². The first-order valence-corrected chi connectivity index (χ1v) is 7.54. The summed E-state index contributed by atoms with van der Waals surface area (Å²) in [5.74, 6) is 0.168. The molecule has 1 aliphatic heterocycles. The fraction of sp³-hybridized carbons (Fsp3) is 0.357. The third-order valence-corrected chi connectivity index (χ3v) is 3.73. The first-order valence-electron chi connectivity index (χ1n) is 6.66. The van der Waals surface area contributed by atoms with Crippen molar-refractivity contribution in [3.63, 3.8) is 0 Å². The number of nitrogens with two attached hydrogens (primary N) is 1. The van der Waals surface area contributed by atoms with Gasteiger partial charge in [0.2, 0.25) is 5.91 Å². The van der Waals surface area contributed by atoms with Crippen molar-refractivity contribution in [2.75, 3.05) is 11.9 Å². The number of carbonyl (C=O) groups is 2. The minimum atomic E-state index is -0.517. The van der Waals surface area contributed by atoms with E-state index in [4.69, 9.17) is 10.5 Å². The zero-order valence-electron chi connectivity index (χ0n) is 11.7. The molecule has 0 bridgehead atoms. The van der Waals surface area contributed by atoms with Crippen molar-refractivity contribution in [3.05, 3.63) is 24.3 Å². The van der Waals surface area contributed by atoms with Crippen LogP contribution in [0, 0.1) is 0 Å². The van der Waals surface area contributed by atoms with Gasteiger partial charge in [0.15, 0.2) is 5.17 Å². The second kappa shape index (κ2) is 7.12. The zero-order valence-corrected chi connectivity index (χ0v) is 12.5. The number of hydrogen-bond acceptors (Lipinski definition) is 5. The smallest absolute Gasteiger partial charge is 0.262 e. The Labute approximate surface area is 127 Å². The highest BCUT2D eigenvalue weighted by atomic mass is 32.2. The second-order valence-corrected chi connectivity index (χ2v) is 5.74. The van der Waals surface area contributed by atoms with E-state index in [1.165, 1.54) is 0 Å². The summed E-state index contributed by atoms with van der Waals surface area (Å²) in [7, 11) is 0. The number of nitrogens with one attached hydrogen (secondary N) is 1. The molecule has 1 aromatic rings. The summed E-state index contributed by atoms with van der Waals surface area (Å²) in [5, 5.41) is 2.44. The van der Waals surface area contributed by atoms with Crippen LogP contribution in [0.1, 0.15) is 19.8 Å². The van der Waals surface area contributed by atoms with Crippen LogP contribution in [-0.2, 0) is 9.59 Å². The number of amides is 2. The van der Waals surface area contributed by atoms with Crippen molar-refractivity contribution in [3.8, 4) is 5.75 Å². The molecule has 0 aliphatic carbocycles. The summed E-state index contributed by atoms with van der Waals surface area (Å²) >= 11 is 1.12. The molecule has 0 aromatic heterocycles. The average Bonchev–Trinajstić information content (AvgIpc) is 2.76. The molecule has 112 valence electrons. The molecular formula is C14H17N3O3S. The van der Waals surface area contributed by atoms with E-state index < -0.39 is 5.25 Å². The normalized spacial score (nSPS) is 17.5. The van der Waals surface area contributed by atoms with Crippen molar-refractivity contribution < 1.29 is 14.3 Å². The number of amidine groups is 1. The Hall–Kier alpha value is -2.02. The molecule has 1 aromatic carbocycles.